The molecule has 0 aromatic carbocycles. The Morgan fingerprint density at radius 2 is 1.92 bits per heavy atom. The molecule has 1 fully saturated rings. The maximum absolute atomic E-state index is 10.1. The highest BCUT2D eigenvalue weighted by Crippen LogP contribution is 2.06. The lowest BCUT2D eigenvalue weighted by molar-refractivity contribution is -0.110. The van der Waals surface area contributed by atoms with Gasteiger partial charge >= 0.3 is 0 Å². The van der Waals surface area contributed by atoms with Gasteiger partial charge in [-0.2, -0.15) is 0 Å². The lowest BCUT2D eigenvalue weighted by Gasteiger charge is -2.19. The van der Waals surface area contributed by atoms with Crippen LogP contribution in [0.3, 0.4) is 0 Å². The number of carbonyl (C=O) groups excluding carboxylic acids is 1. The van der Waals surface area contributed by atoms with Gasteiger partial charge in [0.1, 0.15) is 0 Å². The van der Waals surface area contributed by atoms with E-state index in [1.54, 1.807) is 0 Å². The molecule has 1 saturated heterocycles. The number of hydrogen-bond acceptors (Lipinski definition) is 2. The Morgan fingerprint density at radius 1 is 1.38 bits per heavy atom. The molecule has 1 amide bonds. The van der Waals surface area contributed by atoms with Crippen molar-refractivity contribution >= 4 is 6.41 Å². The van der Waals surface area contributed by atoms with Crippen molar-refractivity contribution in [3.63, 3.8) is 0 Å². The molecule has 1 rings (SSSR count). The van der Waals surface area contributed by atoms with Crippen molar-refractivity contribution in [3.8, 4) is 0 Å². The van der Waals surface area contributed by atoms with E-state index >= 15 is 0 Å². The number of rotatable bonds is 4. The van der Waals surface area contributed by atoms with Crippen LogP contribution in [0.1, 0.15) is 33.6 Å². The zero-order valence-corrected chi connectivity index (χ0v) is 9.05. The smallest absolute Gasteiger partial charge is 0.207 e. The van der Waals surface area contributed by atoms with E-state index in [0.29, 0.717) is 6.04 Å². The van der Waals surface area contributed by atoms with Crippen molar-refractivity contribution in [1.29, 1.82) is 0 Å². The minimum atomic E-state index is 0.297. The Balaban J connectivity index is 0.000000671. The molecule has 3 nitrogen and oxygen atoms in total. The molecule has 0 bridgehead atoms. The number of amides is 1. The molecular weight excluding hydrogens is 164 g/mol. The van der Waals surface area contributed by atoms with Crippen molar-refractivity contribution in [2.75, 3.05) is 19.6 Å². The first-order valence-corrected chi connectivity index (χ1v) is 5.25. The summed E-state index contributed by atoms with van der Waals surface area (Å²) < 4.78 is 0. The van der Waals surface area contributed by atoms with Crippen LogP contribution in [0, 0.1) is 0 Å². The largest absolute Gasteiger partial charge is 0.355 e. The van der Waals surface area contributed by atoms with Crippen molar-refractivity contribution in [1.82, 2.24) is 10.2 Å². The molecule has 0 radical (unpaired) electrons. The second-order valence-electron chi connectivity index (χ2n) is 3.19. The van der Waals surface area contributed by atoms with Gasteiger partial charge in [0.15, 0.2) is 0 Å². The number of nitrogens with zero attached hydrogens (tertiary/aromatic N) is 1. The topological polar surface area (TPSA) is 32.3 Å². The molecule has 1 heterocycles. The normalized spacial score (nSPS) is 18.7. The van der Waals surface area contributed by atoms with E-state index in [1.165, 1.54) is 25.9 Å². The zero-order chi connectivity index (χ0) is 10.1. The van der Waals surface area contributed by atoms with Crippen LogP contribution < -0.4 is 5.32 Å². The summed E-state index contributed by atoms with van der Waals surface area (Å²) >= 11 is 0. The van der Waals surface area contributed by atoms with Crippen LogP contribution in [0.5, 0.6) is 0 Å². The quantitative estimate of drug-likeness (QED) is 0.670. The molecule has 0 spiro atoms. The molecule has 13 heavy (non-hydrogen) atoms. The lowest BCUT2D eigenvalue weighted by atomic mass is 10.3. The molecule has 78 valence electrons. The van der Waals surface area contributed by atoms with Gasteiger partial charge in [0.25, 0.3) is 0 Å². The number of hydrogen-bond donors (Lipinski definition) is 1. The van der Waals surface area contributed by atoms with Gasteiger partial charge in [-0.15, -0.1) is 0 Å². The molecule has 1 atom stereocenters. The van der Waals surface area contributed by atoms with Crippen LogP contribution in [-0.4, -0.2) is 37.0 Å². The van der Waals surface area contributed by atoms with Crippen molar-refractivity contribution < 1.29 is 4.79 Å². The summed E-state index contributed by atoms with van der Waals surface area (Å²) in [5.74, 6) is 0. The Bertz CT molecular complexity index is 122. The first-order chi connectivity index (χ1) is 6.33. The lowest BCUT2D eigenvalue weighted by Crippen LogP contribution is -2.37. The van der Waals surface area contributed by atoms with Crippen molar-refractivity contribution in [2.45, 2.75) is 39.7 Å². The number of carbonyl (C=O) groups is 1. The van der Waals surface area contributed by atoms with E-state index in [4.69, 9.17) is 0 Å². The summed E-state index contributed by atoms with van der Waals surface area (Å²) in [6.07, 6.45) is 3.41. The van der Waals surface area contributed by atoms with Gasteiger partial charge in [0.2, 0.25) is 6.41 Å². The first kappa shape index (κ1) is 12.4. The molecule has 3 heteroatoms. The summed E-state index contributed by atoms with van der Waals surface area (Å²) in [6, 6.07) is 0.297. The minimum Gasteiger partial charge on any atom is -0.355 e. The van der Waals surface area contributed by atoms with E-state index in [9.17, 15) is 4.79 Å². The van der Waals surface area contributed by atoms with Gasteiger partial charge in [-0.3, -0.25) is 4.79 Å². The Hall–Kier alpha value is -0.570. The Kier molecular flexibility index (Phi) is 7.69. The fourth-order valence-corrected chi connectivity index (χ4v) is 1.52. The predicted octanol–water partition coefficient (Wildman–Crippen LogP) is 1.24. The molecule has 0 aromatic heterocycles. The predicted molar refractivity (Wildman–Crippen MR) is 55.7 cm³/mol. The Morgan fingerprint density at radius 3 is 2.38 bits per heavy atom. The fourth-order valence-electron chi connectivity index (χ4n) is 1.52. The van der Waals surface area contributed by atoms with Crippen molar-refractivity contribution in [3.05, 3.63) is 0 Å². The minimum absolute atomic E-state index is 0.297. The second-order valence-corrected chi connectivity index (χ2v) is 3.19. The van der Waals surface area contributed by atoms with Crippen LogP contribution in [-0.2, 0) is 4.79 Å². The molecule has 1 aliphatic rings. The van der Waals surface area contributed by atoms with E-state index in [-0.39, 0.29) is 0 Å². The fraction of sp³-hybridized carbons (Fsp3) is 0.900. The highest BCUT2D eigenvalue weighted by Gasteiger charge is 2.13. The van der Waals surface area contributed by atoms with Crippen LogP contribution >= 0.6 is 0 Å². The maximum atomic E-state index is 10.1. The van der Waals surface area contributed by atoms with Crippen LogP contribution in [0.4, 0.5) is 0 Å². The summed E-state index contributed by atoms with van der Waals surface area (Å²) in [5, 5.41) is 2.75. The molecule has 1 unspecified atom stereocenters. The summed E-state index contributed by atoms with van der Waals surface area (Å²) in [4.78, 5) is 12.4. The van der Waals surface area contributed by atoms with E-state index < -0.39 is 0 Å². The highest BCUT2D eigenvalue weighted by atomic mass is 16.1. The van der Waals surface area contributed by atoms with Crippen LogP contribution in [0.25, 0.3) is 0 Å². The van der Waals surface area contributed by atoms with Gasteiger partial charge in [0, 0.05) is 12.6 Å². The van der Waals surface area contributed by atoms with Crippen LogP contribution in [0.2, 0.25) is 0 Å². The molecule has 0 saturated carbocycles. The van der Waals surface area contributed by atoms with E-state index in [2.05, 4.69) is 10.2 Å². The van der Waals surface area contributed by atoms with E-state index in [1.807, 2.05) is 20.8 Å². The highest BCUT2D eigenvalue weighted by molar-refractivity contribution is 5.46. The third-order valence-electron chi connectivity index (χ3n) is 2.08. The summed E-state index contributed by atoms with van der Waals surface area (Å²) in [5.41, 5.74) is 0. The summed E-state index contributed by atoms with van der Waals surface area (Å²) in [6.45, 7) is 9.43. The standard InChI is InChI=1S/C8H16N2O.C2H6/c1-8(9-7-11)6-10-4-2-3-5-10;1-2/h7-8H,2-6H2,1H3,(H,9,11);1-2H3. The van der Waals surface area contributed by atoms with Gasteiger partial charge in [-0.1, -0.05) is 13.8 Å². The summed E-state index contributed by atoms with van der Waals surface area (Å²) in [7, 11) is 0. The zero-order valence-electron chi connectivity index (χ0n) is 9.05. The maximum Gasteiger partial charge on any atom is 0.207 e. The van der Waals surface area contributed by atoms with E-state index in [0.717, 1.165) is 13.0 Å². The number of likely N-dealkylation sites (tertiary alicyclic amines) is 1. The average molecular weight is 186 g/mol. The molecule has 1 N–H and O–H groups in total. The molecular formula is C10H22N2O. The van der Waals surface area contributed by atoms with Gasteiger partial charge < -0.3 is 10.2 Å². The monoisotopic (exact) mass is 186 g/mol. The third-order valence-corrected chi connectivity index (χ3v) is 2.08. The van der Waals surface area contributed by atoms with Gasteiger partial charge in [0.05, 0.1) is 0 Å². The molecule has 0 aliphatic carbocycles. The van der Waals surface area contributed by atoms with Crippen molar-refractivity contribution in [2.24, 2.45) is 0 Å². The van der Waals surface area contributed by atoms with Gasteiger partial charge in [-0.25, -0.2) is 0 Å². The van der Waals surface area contributed by atoms with Crippen LogP contribution in [0.15, 0.2) is 0 Å². The van der Waals surface area contributed by atoms with Gasteiger partial charge in [-0.05, 0) is 32.9 Å². The number of nitrogens with one attached hydrogen (secondary N) is 1. The molecule has 0 aromatic rings. The second kappa shape index (κ2) is 8.05. The SMILES string of the molecule is CC.CC(CN1CCCC1)NC=O. The third kappa shape index (κ3) is 5.64. The molecule has 1 aliphatic heterocycles. The average Bonchev–Trinajstić information content (AvgIpc) is 2.61. The first-order valence-electron chi connectivity index (χ1n) is 5.25. The Labute approximate surface area is 81.5 Å².